The predicted octanol–water partition coefficient (Wildman–Crippen LogP) is 3.13. The fourth-order valence-corrected chi connectivity index (χ4v) is 8.62. The Balaban J connectivity index is 2.18. The highest BCUT2D eigenvalue weighted by molar-refractivity contribution is 5.83. The minimum absolute atomic E-state index is 0.0991. The molecule has 0 saturated carbocycles. The van der Waals surface area contributed by atoms with Crippen molar-refractivity contribution in [2.24, 2.45) is 35.5 Å². The molecule has 0 radical (unpaired) electrons. The normalized spacial score (nSPS) is 50.3. The minimum atomic E-state index is -1.99. The molecule has 0 amide bonds. The summed E-state index contributed by atoms with van der Waals surface area (Å²) >= 11 is 0. The number of carbonyl (C=O) groups excluding carboxylic acids is 2. The van der Waals surface area contributed by atoms with Crippen molar-refractivity contribution in [2.45, 2.75) is 187 Å². The van der Waals surface area contributed by atoms with Crippen molar-refractivity contribution in [1.29, 1.82) is 0 Å². The smallest absolute Gasteiger partial charge is 0.311 e. The van der Waals surface area contributed by atoms with Crippen molar-refractivity contribution in [3.63, 3.8) is 0 Å². The van der Waals surface area contributed by atoms with Gasteiger partial charge in [-0.25, -0.2) is 0 Å². The van der Waals surface area contributed by atoms with Gasteiger partial charge in [0.25, 0.3) is 0 Å². The molecular weight excluding hydrogens is 663 g/mol. The monoisotopic (exact) mass is 731 g/mol. The molecule has 0 aromatic heterocycles. The van der Waals surface area contributed by atoms with Crippen LogP contribution in [0.4, 0.5) is 0 Å². The Morgan fingerprint density at radius 3 is 2.04 bits per heavy atom. The Morgan fingerprint density at radius 1 is 0.882 bits per heavy atom. The minimum Gasteiger partial charge on any atom is -0.459 e. The third-order valence-corrected chi connectivity index (χ3v) is 12.1. The van der Waals surface area contributed by atoms with Crippen molar-refractivity contribution in [2.75, 3.05) is 7.11 Å². The number of cyclic esters (lactones) is 1. The molecule has 19 atom stereocenters. The van der Waals surface area contributed by atoms with Crippen LogP contribution in [0.3, 0.4) is 0 Å². The average Bonchev–Trinajstić information content (AvgIpc) is 3.05. The maximum absolute atomic E-state index is 14.1. The van der Waals surface area contributed by atoms with Gasteiger partial charge >= 0.3 is 5.97 Å². The first-order chi connectivity index (χ1) is 23.4. The number of carbonyl (C=O) groups is 2. The van der Waals surface area contributed by atoms with E-state index in [9.17, 15) is 35.1 Å². The van der Waals surface area contributed by atoms with Gasteiger partial charge in [0, 0.05) is 31.3 Å². The molecule has 0 bridgehead atoms. The summed E-state index contributed by atoms with van der Waals surface area (Å²) in [6.07, 6.45) is -9.40. The molecule has 3 heterocycles. The summed E-state index contributed by atoms with van der Waals surface area (Å²) < 4.78 is 37.1. The molecule has 3 aliphatic heterocycles. The van der Waals surface area contributed by atoms with E-state index in [-0.39, 0.29) is 37.2 Å². The van der Waals surface area contributed by atoms with E-state index in [0.29, 0.717) is 6.42 Å². The van der Waals surface area contributed by atoms with Crippen LogP contribution in [0.15, 0.2) is 0 Å². The molecule has 13 heteroatoms. The quantitative estimate of drug-likeness (QED) is 0.240. The van der Waals surface area contributed by atoms with Crippen LogP contribution in [0.5, 0.6) is 0 Å². The molecule has 0 aromatic carbocycles. The molecule has 0 aliphatic carbocycles. The van der Waals surface area contributed by atoms with Gasteiger partial charge in [-0.2, -0.15) is 0 Å². The Kier molecular flexibility index (Phi) is 14.7. The maximum Gasteiger partial charge on any atom is 0.311 e. The summed E-state index contributed by atoms with van der Waals surface area (Å²) in [4.78, 5) is 27.9. The number of aliphatic hydroxyl groups excluding tert-OH is 3. The number of rotatable bonds is 7. The molecule has 13 nitrogen and oxygen atoms in total. The summed E-state index contributed by atoms with van der Waals surface area (Å²) in [5, 5.41) is 57.7. The zero-order valence-corrected chi connectivity index (χ0v) is 33.1. The summed E-state index contributed by atoms with van der Waals surface area (Å²) in [6, 6.07) is 0. The summed E-state index contributed by atoms with van der Waals surface area (Å²) in [5.41, 5.74) is -4.82. The van der Waals surface area contributed by atoms with E-state index >= 15 is 0 Å². The van der Waals surface area contributed by atoms with E-state index in [1.807, 2.05) is 20.8 Å². The largest absolute Gasteiger partial charge is 0.459 e. The first-order valence-electron chi connectivity index (χ1n) is 18.8. The van der Waals surface area contributed by atoms with Crippen molar-refractivity contribution < 1.29 is 63.5 Å². The molecule has 0 spiro atoms. The van der Waals surface area contributed by atoms with Crippen LogP contribution in [0.1, 0.15) is 109 Å². The van der Waals surface area contributed by atoms with Gasteiger partial charge in [-0.3, -0.25) is 9.59 Å². The first kappa shape index (κ1) is 44.1. The van der Waals surface area contributed by atoms with Crippen molar-refractivity contribution in [1.82, 2.24) is 0 Å². The molecular formula is C38H68O13. The third-order valence-electron chi connectivity index (χ3n) is 12.1. The van der Waals surface area contributed by atoms with Crippen LogP contribution in [0.2, 0.25) is 0 Å². The fraction of sp³-hybridized carbons (Fsp3) is 0.947. The van der Waals surface area contributed by atoms with Gasteiger partial charge in [-0.05, 0) is 72.6 Å². The van der Waals surface area contributed by atoms with E-state index in [2.05, 4.69) is 0 Å². The predicted molar refractivity (Wildman–Crippen MR) is 187 cm³/mol. The lowest BCUT2D eigenvalue weighted by Gasteiger charge is -2.49. The van der Waals surface area contributed by atoms with Crippen LogP contribution in [-0.2, 0) is 38.0 Å². The Labute approximate surface area is 304 Å². The van der Waals surface area contributed by atoms with E-state index in [1.165, 1.54) is 27.9 Å². The zero-order valence-electron chi connectivity index (χ0n) is 33.1. The lowest BCUT2D eigenvalue weighted by atomic mass is 9.73. The second-order valence-electron chi connectivity index (χ2n) is 16.8. The molecule has 298 valence electrons. The van der Waals surface area contributed by atoms with E-state index < -0.39 is 108 Å². The highest BCUT2D eigenvalue weighted by Gasteiger charge is 2.53. The summed E-state index contributed by atoms with van der Waals surface area (Å²) in [7, 11) is 1.49. The van der Waals surface area contributed by atoms with Gasteiger partial charge in [-0.15, -0.1) is 0 Å². The number of ketones is 1. The molecule has 3 saturated heterocycles. The lowest BCUT2D eigenvalue weighted by molar-refractivity contribution is -0.319. The number of hydrogen-bond acceptors (Lipinski definition) is 13. The van der Waals surface area contributed by atoms with Gasteiger partial charge in [0.2, 0.25) is 0 Å². The number of methoxy groups -OCH3 is 1. The van der Waals surface area contributed by atoms with E-state index in [4.69, 9.17) is 28.4 Å². The summed E-state index contributed by atoms with van der Waals surface area (Å²) in [6.45, 7) is 20.4. The molecule has 9 unspecified atom stereocenters. The third kappa shape index (κ3) is 9.52. The van der Waals surface area contributed by atoms with Crippen LogP contribution < -0.4 is 0 Å². The van der Waals surface area contributed by atoms with Gasteiger partial charge < -0.3 is 54.0 Å². The molecule has 3 rings (SSSR count). The van der Waals surface area contributed by atoms with Crippen LogP contribution in [-0.4, -0.2) is 123 Å². The van der Waals surface area contributed by atoms with Crippen molar-refractivity contribution in [3.05, 3.63) is 0 Å². The highest BCUT2D eigenvalue weighted by atomic mass is 16.7. The van der Waals surface area contributed by atoms with Crippen LogP contribution >= 0.6 is 0 Å². The number of aliphatic hydroxyl groups is 5. The SMILES string of the molecule is CCC1OC(=O)C(C)C(O[C@H]2C[C@@](C)(OC)[C@@H](O)C(C)O2)C(C)[C@@H](OC2OC(C)CC(C(C)[11CH3])[C@H]2O)[C@@](C)(O)C[C@@H](C)C(=O)[C@H](C)[C@@H](O)[C@]1(C)O. The van der Waals surface area contributed by atoms with E-state index in [0.717, 1.165) is 0 Å². The van der Waals surface area contributed by atoms with Gasteiger partial charge in [0.1, 0.15) is 29.7 Å². The molecule has 3 fully saturated rings. The Hall–Kier alpha value is -1.26. The Morgan fingerprint density at radius 2 is 1.49 bits per heavy atom. The maximum atomic E-state index is 14.1. The topological polar surface area (TPSA) is 191 Å². The van der Waals surface area contributed by atoms with Crippen molar-refractivity contribution >= 4 is 11.8 Å². The molecule has 5 N–H and O–H groups in total. The second kappa shape index (κ2) is 17.0. The first-order valence-corrected chi connectivity index (χ1v) is 18.8. The highest BCUT2D eigenvalue weighted by Crippen LogP contribution is 2.41. The summed E-state index contributed by atoms with van der Waals surface area (Å²) in [5.74, 6) is -4.98. The number of hydrogen-bond donors (Lipinski definition) is 5. The number of esters is 1. The number of ether oxygens (including phenoxy) is 6. The second-order valence-corrected chi connectivity index (χ2v) is 16.8. The lowest BCUT2D eigenvalue weighted by Crippen LogP contribution is -2.60. The zero-order chi connectivity index (χ0) is 39.0. The molecule has 3 aliphatic rings. The molecule has 0 aromatic rings. The van der Waals surface area contributed by atoms with E-state index in [1.54, 1.807) is 41.5 Å². The van der Waals surface area contributed by atoms with Gasteiger partial charge in [-0.1, -0.05) is 41.5 Å². The molecule has 51 heavy (non-hydrogen) atoms. The number of Topliss-reactive ketones (excluding diaryl/α,β-unsaturated/α-hetero) is 1. The average molecular weight is 732 g/mol. The van der Waals surface area contributed by atoms with Gasteiger partial charge in [0.05, 0.1) is 47.6 Å². The van der Waals surface area contributed by atoms with Crippen molar-refractivity contribution in [3.8, 4) is 0 Å². The van der Waals surface area contributed by atoms with Crippen LogP contribution in [0, 0.1) is 35.5 Å². The Bertz CT molecular complexity index is 1160. The van der Waals surface area contributed by atoms with Crippen LogP contribution in [0.25, 0.3) is 0 Å². The fourth-order valence-electron chi connectivity index (χ4n) is 8.62. The van der Waals surface area contributed by atoms with Gasteiger partial charge in [0.15, 0.2) is 12.6 Å². The standard InChI is InChI=1S/C38H68O13/c1-14-26-38(12,45)31(41)21(6)28(39)19(4)16-36(10,44)33(51-35-29(40)25(18(2)3)15-20(5)47-35)22(7)30(23(8)34(43)49-26)50-27-17-37(11,46-13)32(42)24(9)48-27/h18-27,29-33,35,40-42,44-45H,14-17H2,1-13H3/t19-,20?,21+,22?,23?,24?,25?,26?,27+,29-,30?,31-,32+,33-,35?,36+,37-,38-/m1/s1/i2-1/t18?,19-,20?,21+,22?,23?,24?,25?,26?,27+,29-,30?,31-,32+,33-,35?,36+,37-,38-.